The van der Waals surface area contributed by atoms with Crippen LogP contribution in [0.4, 0.5) is 0 Å². The van der Waals surface area contributed by atoms with Gasteiger partial charge in [0.25, 0.3) is 11.8 Å². The molecule has 1 aliphatic rings. The van der Waals surface area contributed by atoms with Gasteiger partial charge in [0.15, 0.2) is 0 Å². The molecule has 5 heteroatoms. The summed E-state index contributed by atoms with van der Waals surface area (Å²) in [6, 6.07) is 6.78. The zero-order valence-electron chi connectivity index (χ0n) is 13.7. The molecule has 0 aromatic heterocycles. The number of hydrogen-bond acceptors (Lipinski definition) is 3. The van der Waals surface area contributed by atoms with Gasteiger partial charge in [-0.1, -0.05) is 25.8 Å². The molecule has 3 N–H and O–H groups in total. The van der Waals surface area contributed by atoms with Crippen molar-refractivity contribution < 1.29 is 14.7 Å². The molecule has 126 valence electrons. The van der Waals surface area contributed by atoms with Crippen molar-refractivity contribution in [1.29, 1.82) is 0 Å². The number of nitrogens with one attached hydrogen (secondary N) is 2. The van der Waals surface area contributed by atoms with Crippen molar-refractivity contribution >= 4 is 11.8 Å². The number of aliphatic hydroxyl groups excluding tert-OH is 1. The maximum absolute atomic E-state index is 12.4. The third-order valence-electron chi connectivity index (χ3n) is 4.38. The summed E-state index contributed by atoms with van der Waals surface area (Å²) in [5, 5.41) is 15.3. The Morgan fingerprint density at radius 3 is 2.57 bits per heavy atom. The van der Waals surface area contributed by atoms with Gasteiger partial charge in [0.1, 0.15) is 0 Å². The van der Waals surface area contributed by atoms with Crippen LogP contribution in [0.5, 0.6) is 0 Å². The van der Waals surface area contributed by atoms with Gasteiger partial charge in [0.2, 0.25) is 0 Å². The minimum atomic E-state index is -0.180. The molecule has 1 fully saturated rings. The molecule has 1 aliphatic carbocycles. The van der Waals surface area contributed by atoms with E-state index in [1.165, 1.54) is 0 Å². The molecule has 0 bridgehead atoms. The lowest BCUT2D eigenvalue weighted by Gasteiger charge is -2.30. The van der Waals surface area contributed by atoms with E-state index in [1.54, 1.807) is 24.3 Å². The van der Waals surface area contributed by atoms with Gasteiger partial charge < -0.3 is 15.7 Å². The summed E-state index contributed by atoms with van der Waals surface area (Å²) < 4.78 is 0. The van der Waals surface area contributed by atoms with Gasteiger partial charge in [0.05, 0.1) is 0 Å². The summed E-state index contributed by atoms with van der Waals surface area (Å²) in [5.41, 5.74) is 0.977. The van der Waals surface area contributed by atoms with Crippen LogP contribution >= 0.6 is 0 Å². The number of aliphatic hydroxyl groups is 1. The molecule has 0 heterocycles. The quantitative estimate of drug-likeness (QED) is 0.751. The topological polar surface area (TPSA) is 78.4 Å². The molecule has 0 radical (unpaired) electrons. The van der Waals surface area contributed by atoms with E-state index < -0.39 is 0 Å². The zero-order valence-corrected chi connectivity index (χ0v) is 13.7. The first-order valence-corrected chi connectivity index (χ1v) is 8.45. The SMILES string of the molecule is CCCNC(=O)c1cccc(C(=O)NC2CCCCC2CO)c1. The normalized spacial score (nSPS) is 20.8. The molecule has 1 saturated carbocycles. The van der Waals surface area contributed by atoms with Gasteiger partial charge in [-0.15, -0.1) is 0 Å². The predicted octanol–water partition coefficient (Wildman–Crippen LogP) is 2.11. The Labute approximate surface area is 137 Å². The fourth-order valence-corrected chi connectivity index (χ4v) is 3.01. The van der Waals surface area contributed by atoms with Crippen LogP contribution in [0, 0.1) is 5.92 Å². The maximum atomic E-state index is 12.4. The summed E-state index contributed by atoms with van der Waals surface area (Å²) in [4.78, 5) is 24.4. The van der Waals surface area contributed by atoms with Gasteiger partial charge in [-0.2, -0.15) is 0 Å². The minimum absolute atomic E-state index is 0.0128. The molecule has 2 rings (SSSR count). The number of carbonyl (C=O) groups excluding carboxylic acids is 2. The van der Waals surface area contributed by atoms with E-state index in [9.17, 15) is 14.7 Å². The van der Waals surface area contributed by atoms with Crippen molar-refractivity contribution in [2.45, 2.75) is 45.1 Å². The Balaban J connectivity index is 2.03. The van der Waals surface area contributed by atoms with Crippen molar-refractivity contribution in [2.24, 2.45) is 5.92 Å². The first-order valence-electron chi connectivity index (χ1n) is 8.45. The fourth-order valence-electron chi connectivity index (χ4n) is 3.01. The molecular weight excluding hydrogens is 292 g/mol. The zero-order chi connectivity index (χ0) is 16.7. The van der Waals surface area contributed by atoms with Crippen LogP contribution in [0.1, 0.15) is 59.7 Å². The number of hydrogen-bond donors (Lipinski definition) is 3. The van der Waals surface area contributed by atoms with Crippen LogP contribution in [-0.4, -0.2) is 36.1 Å². The average Bonchev–Trinajstić information content (AvgIpc) is 2.60. The van der Waals surface area contributed by atoms with Gasteiger partial charge in [-0.3, -0.25) is 9.59 Å². The molecule has 1 aromatic rings. The van der Waals surface area contributed by atoms with Crippen molar-refractivity contribution in [3.8, 4) is 0 Å². The molecular formula is C18H26N2O3. The van der Waals surface area contributed by atoms with E-state index in [2.05, 4.69) is 10.6 Å². The molecule has 1 aromatic carbocycles. The molecule has 0 spiro atoms. The summed E-state index contributed by atoms with van der Waals surface area (Å²) in [5.74, 6) is -0.211. The minimum Gasteiger partial charge on any atom is -0.396 e. The van der Waals surface area contributed by atoms with Crippen LogP contribution in [-0.2, 0) is 0 Å². The smallest absolute Gasteiger partial charge is 0.251 e. The van der Waals surface area contributed by atoms with Crippen molar-refractivity contribution in [3.05, 3.63) is 35.4 Å². The first-order chi connectivity index (χ1) is 11.2. The van der Waals surface area contributed by atoms with Gasteiger partial charge in [-0.05, 0) is 37.5 Å². The Bertz CT molecular complexity index is 545. The van der Waals surface area contributed by atoms with E-state index in [0.717, 1.165) is 32.1 Å². The first kappa shape index (κ1) is 17.5. The van der Waals surface area contributed by atoms with Gasteiger partial charge in [0, 0.05) is 36.2 Å². The van der Waals surface area contributed by atoms with E-state index in [0.29, 0.717) is 17.7 Å². The lowest BCUT2D eigenvalue weighted by atomic mass is 9.85. The Hall–Kier alpha value is -1.88. The second-order valence-electron chi connectivity index (χ2n) is 6.14. The molecule has 2 unspecified atom stereocenters. The molecule has 5 nitrogen and oxygen atoms in total. The molecule has 2 atom stereocenters. The Kier molecular flexibility index (Phi) is 6.59. The highest BCUT2D eigenvalue weighted by molar-refractivity contribution is 5.99. The standard InChI is InChI=1S/C18H26N2O3/c1-2-10-19-17(22)13-7-5-8-14(11-13)18(23)20-16-9-4-3-6-15(16)12-21/h5,7-8,11,15-16,21H,2-4,6,9-10,12H2,1H3,(H,19,22)(H,20,23). The second kappa shape index (κ2) is 8.67. The van der Waals surface area contributed by atoms with Crippen molar-refractivity contribution in [2.75, 3.05) is 13.2 Å². The molecule has 23 heavy (non-hydrogen) atoms. The van der Waals surface area contributed by atoms with Crippen LogP contribution in [0.3, 0.4) is 0 Å². The molecule has 0 aliphatic heterocycles. The van der Waals surface area contributed by atoms with Gasteiger partial charge in [-0.25, -0.2) is 0 Å². The van der Waals surface area contributed by atoms with E-state index in [-0.39, 0.29) is 30.4 Å². The predicted molar refractivity (Wildman–Crippen MR) is 89.4 cm³/mol. The van der Waals surface area contributed by atoms with Gasteiger partial charge >= 0.3 is 0 Å². The maximum Gasteiger partial charge on any atom is 0.251 e. The average molecular weight is 318 g/mol. The Morgan fingerprint density at radius 2 is 1.87 bits per heavy atom. The summed E-state index contributed by atoms with van der Waals surface area (Å²) >= 11 is 0. The highest BCUT2D eigenvalue weighted by atomic mass is 16.3. The van der Waals surface area contributed by atoms with Crippen LogP contribution in [0.2, 0.25) is 0 Å². The van der Waals surface area contributed by atoms with Crippen LogP contribution in [0.25, 0.3) is 0 Å². The summed E-state index contributed by atoms with van der Waals surface area (Å²) in [7, 11) is 0. The number of rotatable bonds is 6. The number of benzene rings is 1. The van der Waals surface area contributed by atoms with E-state index >= 15 is 0 Å². The molecule has 2 amide bonds. The fraction of sp³-hybridized carbons (Fsp3) is 0.556. The van der Waals surface area contributed by atoms with Crippen LogP contribution in [0.15, 0.2) is 24.3 Å². The van der Waals surface area contributed by atoms with Crippen LogP contribution < -0.4 is 10.6 Å². The Morgan fingerprint density at radius 1 is 1.17 bits per heavy atom. The highest BCUT2D eigenvalue weighted by Crippen LogP contribution is 2.24. The highest BCUT2D eigenvalue weighted by Gasteiger charge is 2.26. The largest absolute Gasteiger partial charge is 0.396 e. The number of carbonyl (C=O) groups is 2. The third kappa shape index (κ3) is 4.79. The van der Waals surface area contributed by atoms with E-state index in [4.69, 9.17) is 0 Å². The third-order valence-corrected chi connectivity index (χ3v) is 4.38. The van der Waals surface area contributed by atoms with Crippen molar-refractivity contribution in [3.63, 3.8) is 0 Å². The summed E-state index contributed by atoms with van der Waals surface area (Å²) in [6.07, 6.45) is 4.89. The second-order valence-corrected chi connectivity index (χ2v) is 6.14. The van der Waals surface area contributed by atoms with Crippen molar-refractivity contribution in [1.82, 2.24) is 10.6 Å². The lowest BCUT2D eigenvalue weighted by Crippen LogP contribution is -2.43. The monoisotopic (exact) mass is 318 g/mol. The summed E-state index contributed by atoms with van der Waals surface area (Å²) in [6.45, 7) is 2.71. The number of amides is 2. The van der Waals surface area contributed by atoms with E-state index in [1.807, 2.05) is 6.92 Å². The molecule has 0 saturated heterocycles. The lowest BCUT2D eigenvalue weighted by molar-refractivity contribution is 0.0872.